The molecule has 0 fully saturated rings. The van der Waals surface area contributed by atoms with E-state index < -0.39 is 0 Å². The SMILES string of the molecule is C=C(C)C(=O)OC.[Na+].[OH-]. The van der Waals surface area contributed by atoms with Crippen molar-refractivity contribution in [1.82, 2.24) is 0 Å². The van der Waals surface area contributed by atoms with Crippen LogP contribution < -0.4 is 29.6 Å². The van der Waals surface area contributed by atoms with Gasteiger partial charge in [-0.05, 0) is 6.92 Å². The van der Waals surface area contributed by atoms with Gasteiger partial charge in [-0.1, -0.05) is 6.58 Å². The molecule has 0 saturated heterocycles. The number of hydrogen-bond acceptors (Lipinski definition) is 3. The molecule has 0 aromatic rings. The Morgan fingerprint density at radius 2 is 1.89 bits per heavy atom. The fraction of sp³-hybridized carbons (Fsp3) is 0.400. The first-order valence-electron chi connectivity index (χ1n) is 1.92. The average molecular weight is 140 g/mol. The summed E-state index contributed by atoms with van der Waals surface area (Å²) in [5, 5.41) is 0. The van der Waals surface area contributed by atoms with Crippen LogP contribution in [-0.4, -0.2) is 18.6 Å². The quantitative estimate of drug-likeness (QED) is 0.231. The molecule has 0 bridgehead atoms. The third-order valence-corrected chi connectivity index (χ3v) is 0.534. The van der Waals surface area contributed by atoms with Crippen LogP contribution in [0.25, 0.3) is 0 Å². The van der Waals surface area contributed by atoms with Crippen molar-refractivity contribution in [1.29, 1.82) is 0 Å². The summed E-state index contributed by atoms with van der Waals surface area (Å²) >= 11 is 0. The van der Waals surface area contributed by atoms with Gasteiger partial charge in [-0.2, -0.15) is 0 Å². The minimum Gasteiger partial charge on any atom is -0.870 e. The summed E-state index contributed by atoms with van der Waals surface area (Å²) in [6.07, 6.45) is 0. The molecule has 48 valence electrons. The molecule has 0 unspecified atom stereocenters. The Morgan fingerprint density at radius 3 is 1.89 bits per heavy atom. The van der Waals surface area contributed by atoms with Crippen molar-refractivity contribution in [2.75, 3.05) is 7.11 Å². The van der Waals surface area contributed by atoms with E-state index >= 15 is 0 Å². The van der Waals surface area contributed by atoms with Gasteiger partial charge in [0.1, 0.15) is 0 Å². The van der Waals surface area contributed by atoms with E-state index in [0.29, 0.717) is 5.57 Å². The van der Waals surface area contributed by atoms with Gasteiger partial charge < -0.3 is 10.2 Å². The van der Waals surface area contributed by atoms with Crippen molar-refractivity contribution in [2.24, 2.45) is 0 Å². The zero-order chi connectivity index (χ0) is 5.86. The molecule has 1 N–H and O–H groups in total. The van der Waals surface area contributed by atoms with Gasteiger partial charge in [0.2, 0.25) is 0 Å². The van der Waals surface area contributed by atoms with Gasteiger partial charge in [-0.3, -0.25) is 0 Å². The second-order valence-electron chi connectivity index (χ2n) is 1.27. The maximum Gasteiger partial charge on any atom is 1.00 e. The van der Waals surface area contributed by atoms with Crippen molar-refractivity contribution in [3.8, 4) is 0 Å². The molecule has 3 nitrogen and oxygen atoms in total. The molecule has 0 aromatic heterocycles. The summed E-state index contributed by atoms with van der Waals surface area (Å²) in [4.78, 5) is 10.2. The van der Waals surface area contributed by atoms with E-state index in [0.717, 1.165) is 0 Å². The minimum absolute atomic E-state index is 0. The molecular formula is C5H9NaO3. The number of hydrogen-bond donors (Lipinski definition) is 0. The summed E-state index contributed by atoms with van der Waals surface area (Å²) in [6.45, 7) is 4.95. The molecule has 0 saturated carbocycles. The van der Waals surface area contributed by atoms with Gasteiger partial charge >= 0.3 is 35.5 Å². The second-order valence-corrected chi connectivity index (χ2v) is 1.27. The number of rotatable bonds is 1. The predicted octanol–water partition coefficient (Wildman–Crippen LogP) is -2.44. The second kappa shape index (κ2) is 8.17. The first kappa shape index (κ1) is 16.1. The van der Waals surface area contributed by atoms with E-state index in [1.54, 1.807) is 6.92 Å². The maximum atomic E-state index is 10.2. The van der Waals surface area contributed by atoms with Crippen LogP contribution in [0.5, 0.6) is 0 Å². The summed E-state index contributed by atoms with van der Waals surface area (Å²) in [5.41, 5.74) is 0.433. The van der Waals surface area contributed by atoms with Crippen molar-refractivity contribution >= 4 is 5.97 Å². The average Bonchev–Trinajstić information content (AvgIpc) is 1.65. The Kier molecular flexibility index (Phi) is 14.6. The molecule has 0 rings (SSSR count). The normalized spacial score (nSPS) is 6.00. The fourth-order valence-corrected chi connectivity index (χ4v) is 0.174. The number of carbonyl (C=O) groups is 1. The van der Waals surface area contributed by atoms with Crippen molar-refractivity contribution < 1.29 is 44.6 Å². The first-order valence-corrected chi connectivity index (χ1v) is 1.92. The van der Waals surface area contributed by atoms with Gasteiger partial charge in [-0.15, -0.1) is 0 Å². The number of carbonyl (C=O) groups excluding carboxylic acids is 1. The van der Waals surface area contributed by atoms with Crippen LogP contribution in [0.15, 0.2) is 12.2 Å². The van der Waals surface area contributed by atoms with Gasteiger partial charge in [0.25, 0.3) is 0 Å². The van der Waals surface area contributed by atoms with Crippen molar-refractivity contribution in [3.05, 3.63) is 12.2 Å². The Balaban J connectivity index is -0.000000180. The van der Waals surface area contributed by atoms with Gasteiger partial charge in [0.05, 0.1) is 7.11 Å². The molecule has 0 aliphatic rings. The van der Waals surface area contributed by atoms with Crippen LogP contribution in [0, 0.1) is 0 Å². The van der Waals surface area contributed by atoms with Crippen molar-refractivity contribution in [2.45, 2.75) is 6.92 Å². The molecule has 0 atom stereocenters. The van der Waals surface area contributed by atoms with Crippen LogP contribution in [0.1, 0.15) is 6.92 Å². The van der Waals surface area contributed by atoms with E-state index in [4.69, 9.17) is 0 Å². The molecule has 0 aliphatic heterocycles. The van der Waals surface area contributed by atoms with Crippen LogP contribution in [0.2, 0.25) is 0 Å². The van der Waals surface area contributed by atoms with Gasteiger partial charge in [0.15, 0.2) is 0 Å². The molecule has 0 amide bonds. The summed E-state index contributed by atoms with van der Waals surface area (Å²) < 4.78 is 4.27. The number of ether oxygens (including phenoxy) is 1. The zero-order valence-electron chi connectivity index (χ0n) is 5.97. The Labute approximate surface area is 76.7 Å². The number of methoxy groups -OCH3 is 1. The van der Waals surface area contributed by atoms with Crippen LogP contribution >= 0.6 is 0 Å². The molecule has 0 radical (unpaired) electrons. The van der Waals surface area contributed by atoms with Gasteiger partial charge in [0, 0.05) is 5.57 Å². The maximum absolute atomic E-state index is 10.2. The van der Waals surface area contributed by atoms with Crippen LogP contribution in [0.3, 0.4) is 0 Å². The van der Waals surface area contributed by atoms with E-state index in [9.17, 15) is 4.79 Å². The standard InChI is InChI=1S/C5H8O2.Na.H2O/c1-4(2)5(6)7-3;;/h1H2,2-3H3;;1H2/q;+1;/p-1. The Morgan fingerprint density at radius 1 is 1.56 bits per heavy atom. The van der Waals surface area contributed by atoms with Gasteiger partial charge in [-0.25, -0.2) is 4.79 Å². The largest absolute Gasteiger partial charge is 1.00 e. The Hall–Kier alpha value is 0.170. The summed E-state index contributed by atoms with van der Waals surface area (Å²) in [5.74, 6) is -0.347. The third-order valence-electron chi connectivity index (χ3n) is 0.534. The molecule has 0 aromatic carbocycles. The van der Waals surface area contributed by atoms with Crippen LogP contribution in [-0.2, 0) is 9.53 Å². The molecule has 0 spiro atoms. The number of esters is 1. The first-order chi connectivity index (χ1) is 3.18. The smallest absolute Gasteiger partial charge is 0.870 e. The fourth-order valence-electron chi connectivity index (χ4n) is 0.174. The van der Waals surface area contributed by atoms with Crippen LogP contribution in [0.4, 0.5) is 0 Å². The molecule has 9 heavy (non-hydrogen) atoms. The summed E-state index contributed by atoms with van der Waals surface area (Å²) in [7, 11) is 1.33. The topological polar surface area (TPSA) is 56.3 Å². The third kappa shape index (κ3) is 8.17. The summed E-state index contributed by atoms with van der Waals surface area (Å²) in [6, 6.07) is 0. The molecular weight excluding hydrogens is 131 g/mol. The molecule has 0 heterocycles. The van der Waals surface area contributed by atoms with E-state index in [1.807, 2.05) is 0 Å². The molecule has 0 aliphatic carbocycles. The van der Waals surface area contributed by atoms with E-state index in [2.05, 4.69) is 11.3 Å². The van der Waals surface area contributed by atoms with E-state index in [-0.39, 0.29) is 41.0 Å². The zero-order valence-corrected chi connectivity index (χ0v) is 7.97. The predicted molar refractivity (Wildman–Crippen MR) is 28.8 cm³/mol. The van der Waals surface area contributed by atoms with Crippen molar-refractivity contribution in [3.63, 3.8) is 0 Å². The molecule has 4 heteroatoms. The minimum atomic E-state index is -0.347. The monoisotopic (exact) mass is 140 g/mol. The van der Waals surface area contributed by atoms with E-state index in [1.165, 1.54) is 7.11 Å². The Bertz CT molecular complexity index is 100.